The number of hydrogen-bond acceptors (Lipinski definition) is 4. The second-order valence-electron chi connectivity index (χ2n) is 4.14. The van der Waals surface area contributed by atoms with E-state index in [9.17, 15) is 0 Å². The minimum absolute atomic E-state index is 0.387. The zero-order valence-electron chi connectivity index (χ0n) is 10.5. The Balaban J connectivity index is 2.03. The first kappa shape index (κ1) is 13.5. The molecule has 0 radical (unpaired) electrons. The molecule has 0 aliphatic carbocycles. The van der Waals surface area contributed by atoms with Gasteiger partial charge in [0.1, 0.15) is 23.9 Å². The minimum Gasteiger partial charge on any atom is -0.359 e. The Morgan fingerprint density at radius 1 is 1.32 bits per heavy atom. The first-order valence-electron chi connectivity index (χ1n) is 5.87. The van der Waals surface area contributed by atoms with Crippen molar-refractivity contribution in [2.45, 2.75) is 6.42 Å². The summed E-state index contributed by atoms with van der Waals surface area (Å²) in [6, 6.07) is 11.9. The monoisotopic (exact) mass is 316 g/mol. The molecule has 4 nitrogen and oxygen atoms in total. The molecule has 0 aliphatic rings. The zero-order valence-corrected chi connectivity index (χ0v) is 12.1. The Morgan fingerprint density at radius 2 is 2.11 bits per heavy atom. The standard InChI is InChI=1S/C14H13BrN4/c1-19(14-8-12(9-16)17-10-18-14)7-6-11-4-2-3-5-13(11)15/h2-5,8,10H,6-7H2,1H3. The number of anilines is 1. The average Bonchev–Trinajstić information content (AvgIpc) is 2.46. The van der Waals surface area contributed by atoms with Crippen LogP contribution in [0.15, 0.2) is 41.1 Å². The van der Waals surface area contributed by atoms with E-state index in [4.69, 9.17) is 5.26 Å². The van der Waals surface area contributed by atoms with Crippen LogP contribution in [0.3, 0.4) is 0 Å². The van der Waals surface area contributed by atoms with E-state index < -0.39 is 0 Å². The number of likely N-dealkylation sites (N-methyl/N-ethyl adjacent to an activating group) is 1. The van der Waals surface area contributed by atoms with Crippen molar-refractivity contribution in [3.63, 3.8) is 0 Å². The maximum Gasteiger partial charge on any atom is 0.145 e. The quantitative estimate of drug-likeness (QED) is 0.870. The van der Waals surface area contributed by atoms with Crippen LogP contribution >= 0.6 is 15.9 Å². The van der Waals surface area contributed by atoms with E-state index >= 15 is 0 Å². The van der Waals surface area contributed by atoms with Crippen molar-refractivity contribution < 1.29 is 0 Å². The van der Waals surface area contributed by atoms with Crippen molar-refractivity contribution >= 4 is 21.7 Å². The maximum absolute atomic E-state index is 8.82. The van der Waals surface area contributed by atoms with Crippen molar-refractivity contribution in [1.29, 1.82) is 5.26 Å². The van der Waals surface area contributed by atoms with Gasteiger partial charge in [-0.15, -0.1) is 0 Å². The molecule has 0 atom stereocenters. The highest BCUT2D eigenvalue weighted by molar-refractivity contribution is 9.10. The summed E-state index contributed by atoms with van der Waals surface area (Å²) in [6.07, 6.45) is 2.33. The van der Waals surface area contributed by atoms with Crippen LogP contribution in [0, 0.1) is 11.3 Å². The van der Waals surface area contributed by atoms with Gasteiger partial charge in [0.05, 0.1) is 0 Å². The number of aromatic nitrogens is 2. The van der Waals surface area contributed by atoms with Gasteiger partial charge in [-0.3, -0.25) is 0 Å². The number of benzene rings is 1. The lowest BCUT2D eigenvalue weighted by Crippen LogP contribution is -2.21. The Labute approximate surface area is 120 Å². The fourth-order valence-corrected chi connectivity index (χ4v) is 2.20. The third kappa shape index (κ3) is 3.52. The molecule has 0 amide bonds. The molecule has 0 unspecified atom stereocenters. The highest BCUT2D eigenvalue weighted by atomic mass is 79.9. The third-order valence-corrected chi connectivity index (χ3v) is 3.61. The fraction of sp³-hybridized carbons (Fsp3) is 0.214. The van der Waals surface area contributed by atoms with Gasteiger partial charge in [0.15, 0.2) is 0 Å². The SMILES string of the molecule is CN(CCc1ccccc1Br)c1cc(C#N)ncn1. The fourth-order valence-electron chi connectivity index (χ4n) is 1.72. The van der Waals surface area contributed by atoms with Gasteiger partial charge in [0.2, 0.25) is 0 Å². The average molecular weight is 317 g/mol. The van der Waals surface area contributed by atoms with E-state index in [2.05, 4.69) is 32.0 Å². The summed E-state index contributed by atoms with van der Waals surface area (Å²) >= 11 is 3.54. The van der Waals surface area contributed by atoms with Gasteiger partial charge in [-0.1, -0.05) is 34.1 Å². The molecule has 0 bridgehead atoms. The minimum atomic E-state index is 0.387. The summed E-state index contributed by atoms with van der Waals surface area (Å²) in [7, 11) is 1.96. The van der Waals surface area contributed by atoms with Gasteiger partial charge >= 0.3 is 0 Å². The summed E-state index contributed by atoms with van der Waals surface area (Å²) in [5.41, 5.74) is 1.64. The number of nitrogens with zero attached hydrogens (tertiary/aromatic N) is 4. The van der Waals surface area contributed by atoms with Crippen LogP contribution in [0.4, 0.5) is 5.82 Å². The highest BCUT2D eigenvalue weighted by Gasteiger charge is 2.06. The molecule has 0 saturated heterocycles. The van der Waals surface area contributed by atoms with Crippen LogP contribution in [0.1, 0.15) is 11.3 Å². The van der Waals surface area contributed by atoms with Crippen LogP contribution in [0.25, 0.3) is 0 Å². The Kier molecular flexibility index (Phi) is 4.48. The summed E-state index contributed by atoms with van der Waals surface area (Å²) in [4.78, 5) is 10.1. The molecule has 96 valence electrons. The lowest BCUT2D eigenvalue weighted by Gasteiger charge is -2.18. The third-order valence-electron chi connectivity index (χ3n) is 2.83. The molecule has 5 heteroatoms. The molecule has 1 heterocycles. The van der Waals surface area contributed by atoms with E-state index in [0.29, 0.717) is 5.69 Å². The molecule has 2 rings (SSSR count). The molecule has 0 fully saturated rings. The van der Waals surface area contributed by atoms with Crippen molar-refractivity contribution in [2.24, 2.45) is 0 Å². The van der Waals surface area contributed by atoms with E-state index in [-0.39, 0.29) is 0 Å². The maximum atomic E-state index is 8.82. The van der Waals surface area contributed by atoms with Crippen molar-refractivity contribution in [1.82, 2.24) is 9.97 Å². The molecular weight excluding hydrogens is 304 g/mol. The summed E-state index contributed by atoms with van der Waals surface area (Å²) in [6.45, 7) is 0.824. The molecule has 1 aromatic carbocycles. The Hall–Kier alpha value is -1.93. The molecule has 0 saturated carbocycles. The van der Waals surface area contributed by atoms with E-state index in [1.807, 2.05) is 36.2 Å². The normalized spacial score (nSPS) is 9.95. The van der Waals surface area contributed by atoms with Crippen molar-refractivity contribution in [2.75, 3.05) is 18.5 Å². The van der Waals surface area contributed by atoms with E-state index in [1.54, 1.807) is 6.07 Å². The summed E-state index contributed by atoms with van der Waals surface area (Å²) in [5.74, 6) is 0.763. The Bertz CT molecular complexity index is 606. The lowest BCUT2D eigenvalue weighted by molar-refractivity contribution is 0.852. The van der Waals surface area contributed by atoms with Crippen LogP contribution < -0.4 is 4.90 Å². The Morgan fingerprint density at radius 3 is 2.84 bits per heavy atom. The molecule has 19 heavy (non-hydrogen) atoms. The molecular formula is C14H13BrN4. The van der Waals surface area contributed by atoms with Gasteiger partial charge in [-0.25, -0.2) is 9.97 Å². The van der Waals surface area contributed by atoms with E-state index in [0.717, 1.165) is 23.3 Å². The molecule has 1 aromatic heterocycles. The van der Waals surface area contributed by atoms with Gasteiger partial charge in [-0.05, 0) is 18.1 Å². The molecule has 0 N–H and O–H groups in total. The molecule has 0 aliphatic heterocycles. The predicted molar refractivity (Wildman–Crippen MR) is 77.9 cm³/mol. The first-order chi connectivity index (χ1) is 9.20. The van der Waals surface area contributed by atoms with Gasteiger partial charge in [-0.2, -0.15) is 5.26 Å². The predicted octanol–water partition coefficient (Wildman–Crippen LogP) is 2.79. The van der Waals surface area contributed by atoms with E-state index in [1.165, 1.54) is 11.9 Å². The van der Waals surface area contributed by atoms with Crippen LogP contribution in [-0.2, 0) is 6.42 Å². The van der Waals surface area contributed by atoms with Crippen LogP contribution in [0.2, 0.25) is 0 Å². The van der Waals surface area contributed by atoms with Gasteiger partial charge in [0.25, 0.3) is 0 Å². The van der Waals surface area contributed by atoms with Gasteiger partial charge in [0, 0.05) is 24.1 Å². The number of rotatable bonds is 4. The number of hydrogen-bond donors (Lipinski definition) is 0. The largest absolute Gasteiger partial charge is 0.359 e. The van der Waals surface area contributed by atoms with Crippen LogP contribution in [-0.4, -0.2) is 23.6 Å². The summed E-state index contributed by atoms with van der Waals surface area (Å²) < 4.78 is 1.11. The summed E-state index contributed by atoms with van der Waals surface area (Å²) in [5, 5.41) is 8.82. The number of halogens is 1. The smallest absolute Gasteiger partial charge is 0.145 e. The second-order valence-corrected chi connectivity index (χ2v) is 4.99. The second kappa shape index (κ2) is 6.30. The highest BCUT2D eigenvalue weighted by Crippen LogP contribution is 2.17. The number of nitriles is 1. The first-order valence-corrected chi connectivity index (χ1v) is 6.66. The zero-order chi connectivity index (χ0) is 13.7. The van der Waals surface area contributed by atoms with Gasteiger partial charge < -0.3 is 4.90 Å². The van der Waals surface area contributed by atoms with Crippen molar-refractivity contribution in [3.8, 4) is 6.07 Å². The van der Waals surface area contributed by atoms with Crippen LogP contribution in [0.5, 0.6) is 0 Å². The topological polar surface area (TPSA) is 52.8 Å². The van der Waals surface area contributed by atoms with Crippen molar-refractivity contribution in [3.05, 3.63) is 52.4 Å². The lowest BCUT2D eigenvalue weighted by atomic mass is 10.1. The molecule has 2 aromatic rings. The molecule has 0 spiro atoms.